The number of hydrogen-bond acceptors (Lipinski definition) is 7. The van der Waals surface area contributed by atoms with Crippen LogP contribution in [0.4, 0.5) is 0 Å². The molecule has 140 valence electrons. The van der Waals surface area contributed by atoms with Crippen LogP contribution in [0.1, 0.15) is 10.4 Å². The topological polar surface area (TPSA) is 138 Å². The van der Waals surface area contributed by atoms with Crippen LogP contribution in [0.25, 0.3) is 0 Å². The molecule has 1 atom stereocenters. The first-order valence-corrected chi connectivity index (χ1v) is 7.92. The third-order valence-corrected chi connectivity index (χ3v) is 2.97. The van der Waals surface area contributed by atoms with Crippen LogP contribution in [-0.4, -0.2) is 64.6 Å². The number of carbonyl (C=O) groups is 2. The number of nitrogens with two attached hydrogens (primary N) is 2. The predicted octanol–water partition coefficient (Wildman–Crippen LogP) is -1.18. The van der Waals surface area contributed by atoms with E-state index in [2.05, 4.69) is 10.6 Å². The summed E-state index contributed by atoms with van der Waals surface area (Å²) in [5.41, 5.74) is 11.2. The van der Waals surface area contributed by atoms with Crippen LogP contribution >= 0.6 is 0 Å². The number of ether oxygens (including phenoxy) is 3. The molecule has 0 aliphatic carbocycles. The summed E-state index contributed by atoms with van der Waals surface area (Å²) in [5.74, 6) is -0.194. The first kappa shape index (κ1) is 20.8. The molecule has 1 unspecified atom stereocenters. The van der Waals surface area contributed by atoms with Crippen molar-refractivity contribution in [3.8, 4) is 5.75 Å². The Hall–Kier alpha value is -2.20. The molecule has 0 fully saturated rings. The Bertz CT molecular complexity index is 541. The van der Waals surface area contributed by atoms with E-state index < -0.39 is 12.1 Å². The second-order valence-corrected chi connectivity index (χ2v) is 5.13. The van der Waals surface area contributed by atoms with E-state index in [1.165, 1.54) is 0 Å². The molecule has 0 saturated heterocycles. The third-order valence-electron chi connectivity index (χ3n) is 2.97. The molecule has 0 heterocycles. The fourth-order valence-corrected chi connectivity index (χ4v) is 1.79. The van der Waals surface area contributed by atoms with Crippen LogP contribution < -0.4 is 26.8 Å². The Morgan fingerprint density at radius 1 is 1.24 bits per heavy atom. The minimum absolute atomic E-state index is 0.112. The van der Waals surface area contributed by atoms with Gasteiger partial charge in [0.2, 0.25) is 5.91 Å². The van der Waals surface area contributed by atoms with E-state index in [0.717, 1.165) is 0 Å². The normalized spacial score (nSPS) is 11.8. The molecule has 0 aliphatic heterocycles. The van der Waals surface area contributed by atoms with E-state index in [4.69, 9.17) is 25.7 Å². The number of rotatable bonds is 13. The van der Waals surface area contributed by atoms with E-state index in [9.17, 15) is 9.59 Å². The molecule has 0 spiro atoms. The maximum atomic E-state index is 12.0. The van der Waals surface area contributed by atoms with Gasteiger partial charge in [0.05, 0.1) is 13.2 Å². The Labute approximate surface area is 147 Å². The minimum Gasteiger partial charge on any atom is -0.489 e. The van der Waals surface area contributed by atoms with Gasteiger partial charge in [-0.3, -0.25) is 9.59 Å². The van der Waals surface area contributed by atoms with Crippen molar-refractivity contribution < 1.29 is 23.8 Å². The van der Waals surface area contributed by atoms with Crippen LogP contribution in [0.2, 0.25) is 0 Å². The van der Waals surface area contributed by atoms with Gasteiger partial charge in [-0.25, -0.2) is 0 Å². The number of likely N-dealkylation sites (N-methyl/N-ethyl adjacent to an activating group) is 1. The van der Waals surface area contributed by atoms with Crippen molar-refractivity contribution in [2.45, 2.75) is 6.23 Å². The van der Waals surface area contributed by atoms with Gasteiger partial charge in [0.25, 0.3) is 5.91 Å². The summed E-state index contributed by atoms with van der Waals surface area (Å²) >= 11 is 0. The molecule has 6 N–H and O–H groups in total. The van der Waals surface area contributed by atoms with Crippen LogP contribution in [0.5, 0.6) is 5.75 Å². The highest BCUT2D eigenvalue weighted by Gasteiger charge is 2.08. The Morgan fingerprint density at radius 3 is 2.76 bits per heavy atom. The summed E-state index contributed by atoms with van der Waals surface area (Å²) < 4.78 is 15.7. The fourth-order valence-electron chi connectivity index (χ4n) is 1.79. The van der Waals surface area contributed by atoms with Crippen LogP contribution in [-0.2, 0) is 14.3 Å². The zero-order chi connectivity index (χ0) is 18.5. The van der Waals surface area contributed by atoms with Gasteiger partial charge in [-0.2, -0.15) is 0 Å². The van der Waals surface area contributed by atoms with Crippen molar-refractivity contribution in [3.63, 3.8) is 0 Å². The molecule has 0 saturated carbocycles. The summed E-state index contributed by atoms with van der Waals surface area (Å²) in [4.78, 5) is 22.5. The minimum atomic E-state index is -0.662. The molecule has 1 aromatic carbocycles. The van der Waals surface area contributed by atoms with Gasteiger partial charge >= 0.3 is 0 Å². The van der Waals surface area contributed by atoms with E-state index in [-0.39, 0.29) is 32.3 Å². The smallest absolute Gasteiger partial charge is 0.251 e. The first-order chi connectivity index (χ1) is 12.0. The monoisotopic (exact) mass is 354 g/mol. The lowest BCUT2D eigenvalue weighted by molar-refractivity contribution is -0.123. The predicted molar refractivity (Wildman–Crippen MR) is 92.1 cm³/mol. The largest absolute Gasteiger partial charge is 0.489 e. The van der Waals surface area contributed by atoms with Crippen LogP contribution in [0.15, 0.2) is 24.3 Å². The van der Waals surface area contributed by atoms with E-state index in [0.29, 0.717) is 24.4 Å². The summed E-state index contributed by atoms with van der Waals surface area (Å²) in [7, 11) is 1.82. The Kier molecular flexibility index (Phi) is 10.2. The lowest BCUT2D eigenvalue weighted by Crippen LogP contribution is -2.32. The highest BCUT2D eigenvalue weighted by atomic mass is 16.6. The number of carbonyl (C=O) groups excluding carboxylic acids is 2. The number of amides is 2. The molecule has 0 aliphatic rings. The standard InChI is InChI=1S/C16H26N4O5/c1-19-5-6-20-16(22)12-3-2-4-13(9-12)25-11-15(18)24-8-7-23-10-14(17)21/h2-4,9,15,19H,5-8,10-11,18H2,1H3,(H2,17,21)(H,20,22). The Balaban J connectivity index is 2.30. The van der Waals surface area contributed by atoms with Gasteiger partial charge in [-0.05, 0) is 25.2 Å². The molecule has 0 aromatic heterocycles. The van der Waals surface area contributed by atoms with Crippen molar-refractivity contribution in [1.29, 1.82) is 0 Å². The maximum Gasteiger partial charge on any atom is 0.251 e. The van der Waals surface area contributed by atoms with Gasteiger partial charge in [0.15, 0.2) is 0 Å². The fraction of sp³-hybridized carbons (Fsp3) is 0.500. The molecular formula is C16H26N4O5. The van der Waals surface area contributed by atoms with Gasteiger partial charge in [0, 0.05) is 18.7 Å². The summed E-state index contributed by atoms with van der Waals surface area (Å²) in [6.07, 6.45) is -0.662. The molecule has 0 radical (unpaired) electrons. The second kappa shape index (κ2) is 12.2. The van der Waals surface area contributed by atoms with Gasteiger partial charge in [-0.1, -0.05) is 6.07 Å². The lowest BCUT2D eigenvalue weighted by atomic mass is 10.2. The molecule has 2 amide bonds. The van der Waals surface area contributed by atoms with Crippen molar-refractivity contribution >= 4 is 11.8 Å². The van der Waals surface area contributed by atoms with Gasteiger partial charge < -0.3 is 36.3 Å². The van der Waals surface area contributed by atoms with Crippen molar-refractivity contribution in [3.05, 3.63) is 29.8 Å². The number of nitrogens with one attached hydrogen (secondary N) is 2. The maximum absolute atomic E-state index is 12.0. The molecule has 0 bridgehead atoms. The Morgan fingerprint density at radius 2 is 2.04 bits per heavy atom. The zero-order valence-corrected chi connectivity index (χ0v) is 14.3. The average molecular weight is 354 g/mol. The van der Waals surface area contributed by atoms with Crippen LogP contribution in [0, 0.1) is 0 Å². The SMILES string of the molecule is CNCCNC(=O)c1cccc(OCC(N)OCCOCC(N)=O)c1. The lowest BCUT2D eigenvalue weighted by Gasteiger charge is -2.14. The number of primary amides is 1. The summed E-state index contributed by atoms with van der Waals surface area (Å²) in [6.45, 7) is 1.61. The van der Waals surface area contributed by atoms with E-state index >= 15 is 0 Å². The summed E-state index contributed by atoms with van der Waals surface area (Å²) in [5, 5.41) is 5.74. The number of hydrogen-bond donors (Lipinski definition) is 4. The molecule has 1 rings (SSSR count). The number of benzene rings is 1. The first-order valence-electron chi connectivity index (χ1n) is 7.92. The van der Waals surface area contributed by atoms with Crippen molar-refractivity contribution in [2.75, 3.05) is 46.6 Å². The highest BCUT2D eigenvalue weighted by molar-refractivity contribution is 5.94. The van der Waals surface area contributed by atoms with E-state index in [1.807, 2.05) is 7.05 Å². The molecule has 9 heteroatoms. The van der Waals surface area contributed by atoms with Crippen molar-refractivity contribution in [2.24, 2.45) is 11.5 Å². The molecule has 9 nitrogen and oxygen atoms in total. The van der Waals surface area contributed by atoms with Gasteiger partial charge in [0.1, 0.15) is 25.2 Å². The molecular weight excluding hydrogens is 328 g/mol. The third kappa shape index (κ3) is 9.62. The second-order valence-electron chi connectivity index (χ2n) is 5.13. The highest BCUT2D eigenvalue weighted by Crippen LogP contribution is 2.13. The molecule has 1 aromatic rings. The molecule has 25 heavy (non-hydrogen) atoms. The average Bonchev–Trinajstić information content (AvgIpc) is 2.59. The van der Waals surface area contributed by atoms with Crippen LogP contribution in [0.3, 0.4) is 0 Å². The van der Waals surface area contributed by atoms with E-state index in [1.54, 1.807) is 24.3 Å². The zero-order valence-electron chi connectivity index (χ0n) is 14.3. The summed E-state index contributed by atoms with van der Waals surface area (Å²) in [6, 6.07) is 6.80. The van der Waals surface area contributed by atoms with Gasteiger partial charge in [-0.15, -0.1) is 0 Å². The quantitative estimate of drug-likeness (QED) is 0.258. The van der Waals surface area contributed by atoms with Crippen molar-refractivity contribution in [1.82, 2.24) is 10.6 Å².